The Balaban J connectivity index is 0.000000948. The Morgan fingerprint density at radius 3 is 2.46 bits per heavy atom. The number of halogens is 1. The van der Waals surface area contributed by atoms with Gasteiger partial charge in [0.25, 0.3) is 0 Å². The van der Waals surface area contributed by atoms with E-state index in [1.807, 2.05) is 67.8 Å². The minimum absolute atomic E-state index is 0.468. The number of aliphatic imine (C=N–C) groups is 1. The molecule has 0 spiro atoms. The second-order valence-electron chi connectivity index (χ2n) is 5.55. The number of aryl methyl sites for hydroxylation is 1. The lowest BCUT2D eigenvalue weighted by Gasteiger charge is -2.14. The zero-order valence-corrected chi connectivity index (χ0v) is 16.1. The molecular formula is C20H21ClN4O. The quantitative estimate of drug-likeness (QED) is 0.663. The highest BCUT2D eigenvalue weighted by Crippen LogP contribution is 2.29. The summed E-state index contributed by atoms with van der Waals surface area (Å²) in [6.45, 7) is 6.41. The first-order chi connectivity index (χ1) is 12.7. The topological polar surface area (TPSA) is 52.3 Å². The standard InChI is InChI=1S/C18H15ClN4O.C2H6/c1-11-21-22-17-10-20-18(12-3-5-13(19)6-4-12)15-9-14(24-2)7-8-16(15)23(11)17;1-2/h3-9H,10H2,1-2H3;1-2H3. The van der Waals surface area contributed by atoms with Gasteiger partial charge in [-0.15, -0.1) is 10.2 Å². The maximum Gasteiger partial charge on any atom is 0.159 e. The van der Waals surface area contributed by atoms with Crippen molar-refractivity contribution in [3.63, 3.8) is 0 Å². The fourth-order valence-electron chi connectivity index (χ4n) is 2.94. The Labute approximate surface area is 158 Å². The molecule has 5 nitrogen and oxygen atoms in total. The zero-order chi connectivity index (χ0) is 18.7. The van der Waals surface area contributed by atoms with E-state index in [9.17, 15) is 0 Å². The predicted molar refractivity (Wildman–Crippen MR) is 105 cm³/mol. The highest BCUT2D eigenvalue weighted by Gasteiger charge is 2.22. The molecule has 134 valence electrons. The average Bonchev–Trinajstić information content (AvgIpc) is 2.96. The van der Waals surface area contributed by atoms with Gasteiger partial charge in [0, 0.05) is 16.1 Å². The molecule has 0 saturated carbocycles. The van der Waals surface area contributed by atoms with E-state index >= 15 is 0 Å². The van der Waals surface area contributed by atoms with Crippen molar-refractivity contribution in [3.05, 3.63) is 70.3 Å². The predicted octanol–water partition coefficient (Wildman–Crippen LogP) is 4.61. The summed E-state index contributed by atoms with van der Waals surface area (Å²) in [4.78, 5) is 4.79. The normalized spacial score (nSPS) is 12.1. The van der Waals surface area contributed by atoms with Crippen molar-refractivity contribution >= 4 is 17.3 Å². The number of hydrogen-bond donors (Lipinski definition) is 0. The molecule has 0 amide bonds. The summed E-state index contributed by atoms with van der Waals surface area (Å²) in [5.74, 6) is 2.44. The van der Waals surface area contributed by atoms with Crippen molar-refractivity contribution < 1.29 is 4.74 Å². The van der Waals surface area contributed by atoms with Crippen LogP contribution in [-0.2, 0) is 6.54 Å². The van der Waals surface area contributed by atoms with Gasteiger partial charge < -0.3 is 4.74 Å². The van der Waals surface area contributed by atoms with Crippen molar-refractivity contribution in [3.8, 4) is 11.4 Å². The van der Waals surface area contributed by atoms with Gasteiger partial charge in [-0.05, 0) is 37.3 Å². The second kappa shape index (κ2) is 7.70. The van der Waals surface area contributed by atoms with E-state index < -0.39 is 0 Å². The van der Waals surface area contributed by atoms with E-state index in [0.29, 0.717) is 11.6 Å². The zero-order valence-electron chi connectivity index (χ0n) is 15.3. The monoisotopic (exact) mass is 368 g/mol. The van der Waals surface area contributed by atoms with Gasteiger partial charge in [-0.3, -0.25) is 9.56 Å². The van der Waals surface area contributed by atoms with Crippen LogP contribution < -0.4 is 4.74 Å². The molecule has 0 aliphatic carbocycles. The Kier molecular flexibility index (Phi) is 5.38. The summed E-state index contributed by atoms with van der Waals surface area (Å²) in [6.07, 6.45) is 0. The summed E-state index contributed by atoms with van der Waals surface area (Å²) >= 11 is 6.02. The second-order valence-corrected chi connectivity index (χ2v) is 5.99. The number of methoxy groups -OCH3 is 1. The van der Waals surface area contributed by atoms with Crippen LogP contribution in [0.1, 0.15) is 36.6 Å². The Bertz CT molecular complexity index is 945. The van der Waals surface area contributed by atoms with E-state index in [4.69, 9.17) is 21.3 Å². The summed E-state index contributed by atoms with van der Waals surface area (Å²) in [7, 11) is 1.66. The van der Waals surface area contributed by atoms with E-state index in [1.165, 1.54) is 0 Å². The van der Waals surface area contributed by atoms with Crippen LogP contribution in [0, 0.1) is 6.92 Å². The van der Waals surface area contributed by atoms with Gasteiger partial charge in [-0.2, -0.15) is 0 Å². The maximum atomic E-state index is 6.02. The number of fused-ring (bicyclic) bond motifs is 3. The molecule has 0 N–H and O–H groups in total. The molecule has 1 aliphatic rings. The van der Waals surface area contributed by atoms with E-state index in [-0.39, 0.29) is 0 Å². The third-order valence-corrected chi connectivity index (χ3v) is 4.34. The molecule has 3 aromatic rings. The van der Waals surface area contributed by atoms with Crippen molar-refractivity contribution in [1.82, 2.24) is 14.8 Å². The van der Waals surface area contributed by atoms with E-state index in [0.717, 1.165) is 39.9 Å². The smallest absolute Gasteiger partial charge is 0.159 e. The molecule has 2 aromatic carbocycles. The van der Waals surface area contributed by atoms with Crippen LogP contribution in [0.15, 0.2) is 47.5 Å². The highest BCUT2D eigenvalue weighted by molar-refractivity contribution is 6.30. The van der Waals surface area contributed by atoms with Crippen LogP contribution in [0.25, 0.3) is 5.69 Å². The number of aromatic nitrogens is 3. The number of benzene rings is 2. The molecule has 2 heterocycles. The molecular weight excluding hydrogens is 348 g/mol. The van der Waals surface area contributed by atoms with Crippen LogP contribution in [0.5, 0.6) is 5.75 Å². The van der Waals surface area contributed by atoms with Gasteiger partial charge in [0.15, 0.2) is 5.82 Å². The van der Waals surface area contributed by atoms with Gasteiger partial charge in [-0.25, -0.2) is 0 Å². The van der Waals surface area contributed by atoms with Crippen molar-refractivity contribution in [2.75, 3.05) is 7.11 Å². The summed E-state index contributed by atoms with van der Waals surface area (Å²) in [5, 5.41) is 9.14. The van der Waals surface area contributed by atoms with Gasteiger partial charge in [-0.1, -0.05) is 37.6 Å². The lowest BCUT2D eigenvalue weighted by atomic mass is 10.00. The molecule has 0 saturated heterocycles. The minimum Gasteiger partial charge on any atom is -0.497 e. The minimum atomic E-state index is 0.468. The molecule has 6 heteroatoms. The molecule has 4 rings (SSSR count). The summed E-state index contributed by atoms with van der Waals surface area (Å²) in [6, 6.07) is 13.6. The SMILES string of the molecule is CC.COc1ccc2c(c1)C(c1ccc(Cl)cc1)=NCc1nnc(C)n1-2. The largest absolute Gasteiger partial charge is 0.497 e. The number of ether oxygens (including phenoxy) is 1. The molecule has 0 unspecified atom stereocenters. The van der Waals surface area contributed by atoms with Crippen LogP contribution in [0.2, 0.25) is 5.02 Å². The lowest BCUT2D eigenvalue weighted by molar-refractivity contribution is 0.414. The number of rotatable bonds is 2. The highest BCUT2D eigenvalue weighted by atomic mass is 35.5. The fraction of sp³-hybridized carbons (Fsp3) is 0.250. The molecule has 1 aliphatic heterocycles. The molecule has 0 atom stereocenters. The maximum absolute atomic E-state index is 6.02. The van der Waals surface area contributed by atoms with Crippen LogP contribution in [0.3, 0.4) is 0 Å². The first-order valence-electron chi connectivity index (χ1n) is 8.57. The third kappa shape index (κ3) is 3.22. The molecule has 0 bridgehead atoms. The first kappa shape index (κ1) is 18.1. The van der Waals surface area contributed by atoms with Crippen LogP contribution >= 0.6 is 11.6 Å². The fourth-order valence-corrected chi connectivity index (χ4v) is 3.06. The van der Waals surface area contributed by atoms with Crippen molar-refractivity contribution in [1.29, 1.82) is 0 Å². The van der Waals surface area contributed by atoms with Crippen LogP contribution in [-0.4, -0.2) is 27.6 Å². The van der Waals surface area contributed by atoms with E-state index in [1.54, 1.807) is 7.11 Å². The van der Waals surface area contributed by atoms with Crippen LogP contribution in [0.4, 0.5) is 0 Å². The summed E-state index contributed by atoms with van der Waals surface area (Å²) in [5.41, 5.74) is 3.88. The molecule has 26 heavy (non-hydrogen) atoms. The molecule has 1 aromatic heterocycles. The van der Waals surface area contributed by atoms with Crippen molar-refractivity contribution in [2.24, 2.45) is 4.99 Å². The molecule has 0 radical (unpaired) electrons. The average molecular weight is 369 g/mol. The van der Waals surface area contributed by atoms with E-state index in [2.05, 4.69) is 10.2 Å². The van der Waals surface area contributed by atoms with Gasteiger partial charge in [0.1, 0.15) is 18.1 Å². The van der Waals surface area contributed by atoms with Gasteiger partial charge >= 0.3 is 0 Å². The Morgan fingerprint density at radius 2 is 1.77 bits per heavy atom. The van der Waals surface area contributed by atoms with Gasteiger partial charge in [0.2, 0.25) is 0 Å². The first-order valence-corrected chi connectivity index (χ1v) is 8.95. The summed E-state index contributed by atoms with van der Waals surface area (Å²) < 4.78 is 7.45. The Morgan fingerprint density at radius 1 is 1.04 bits per heavy atom. The van der Waals surface area contributed by atoms with Crippen molar-refractivity contribution in [2.45, 2.75) is 27.3 Å². The molecule has 0 fully saturated rings. The Hall–Kier alpha value is -2.66. The van der Waals surface area contributed by atoms with Gasteiger partial charge in [0.05, 0.1) is 18.5 Å². The third-order valence-electron chi connectivity index (χ3n) is 4.09. The number of hydrogen-bond acceptors (Lipinski definition) is 4. The number of nitrogens with zero attached hydrogens (tertiary/aromatic N) is 4. The lowest BCUT2D eigenvalue weighted by Crippen LogP contribution is -2.08.